The van der Waals surface area contributed by atoms with Crippen molar-refractivity contribution < 1.29 is 36.2 Å². The maximum atomic E-state index is 13.7. The van der Waals surface area contributed by atoms with Crippen molar-refractivity contribution in [2.45, 2.75) is 49.2 Å². The van der Waals surface area contributed by atoms with Gasteiger partial charge >= 0.3 is 12.1 Å². The number of carboxylic acid groups (broad SMARTS) is 1. The zero-order valence-corrected chi connectivity index (χ0v) is 20.0. The third-order valence-corrected chi connectivity index (χ3v) is 8.43. The highest BCUT2D eigenvalue weighted by molar-refractivity contribution is 7.89. The van der Waals surface area contributed by atoms with E-state index in [1.54, 1.807) is 23.1 Å². The van der Waals surface area contributed by atoms with Crippen LogP contribution in [0.3, 0.4) is 0 Å². The molecular formula is C24H27F3N2O5S. The van der Waals surface area contributed by atoms with Gasteiger partial charge in [-0.05, 0) is 67.5 Å². The summed E-state index contributed by atoms with van der Waals surface area (Å²) in [4.78, 5) is 12.3. The predicted molar refractivity (Wildman–Crippen MR) is 123 cm³/mol. The molecule has 1 heterocycles. The van der Waals surface area contributed by atoms with E-state index in [9.17, 15) is 26.4 Å². The van der Waals surface area contributed by atoms with Gasteiger partial charge < -0.3 is 14.7 Å². The first-order valence-electron chi connectivity index (χ1n) is 11.4. The van der Waals surface area contributed by atoms with Crippen LogP contribution in [0.25, 0.3) is 0 Å². The number of rotatable bonds is 7. The fourth-order valence-electron chi connectivity index (χ4n) is 4.83. The molecule has 0 amide bonds. The van der Waals surface area contributed by atoms with Crippen molar-refractivity contribution in [3.63, 3.8) is 0 Å². The van der Waals surface area contributed by atoms with Crippen LogP contribution < -0.4 is 9.64 Å². The van der Waals surface area contributed by atoms with Crippen molar-refractivity contribution in [1.82, 2.24) is 4.31 Å². The fraction of sp³-hybridized carbons (Fsp3) is 0.458. The topological polar surface area (TPSA) is 87.1 Å². The molecule has 0 radical (unpaired) electrons. The Hall–Kier alpha value is -2.79. The van der Waals surface area contributed by atoms with Gasteiger partial charge in [0.05, 0.1) is 16.5 Å². The lowest BCUT2D eigenvalue weighted by Gasteiger charge is -2.33. The number of sulfonamides is 1. The van der Waals surface area contributed by atoms with E-state index in [1.807, 2.05) is 0 Å². The van der Waals surface area contributed by atoms with E-state index in [2.05, 4.69) is 0 Å². The van der Waals surface area contributed by atoms with Crippen molar-refractivity contribution in [2.24, 2.45) is 0 Å². The molecule has 35 heavy (non-hydrogen) atoms. The lowest BCUT2D eigenvalue weighted by Crippen LogP contribution is -2.34. The Kier molecular flexibility index (Phi) is 7.01. The van der Waals surface area contributed by atoms with Gasteiger partial charge in [0.15, 0.2) is 6.61 Å². The lowest BCUT2D eigenvalue weighted by molar-refractivity contribution is -0.139. The van der Waals surface area contributed by atoms with Gasteiger partial charge in [-0.1, -0.05) is 12.1 Å². The Bertz CT molecular complexity index is 1210. The summed E-state index contributed by atoms with van der Waals surface area (Å²) in [5.41, 5.74) is 0.630. The van der Waals surface area contributed by atoms with Crippen LogP contribution in [-0.2, 0) is 27.4 Å². The molecule has 2 aliphatic rings. The third kappa shape index (κ3) is 5.25. The molecule has 0 spiro atoms. The van der Waals surface area contributed by atoms with Gasteiger partial charge in [-0.2, -0.15) is 17.5 Å². The van der Waals surface area contributed by atoms with Crippen LogP contribution in [0.15, 0.2) is 41.3 Å². The minimum atomic E-state index is -4.69. The molecule has 2 aromatic rings. The van der Waals surface area contributed by atoms with E-state index >= 15 is 0 Å². The molecule has 7 nitrogen and oxygen atoms in total. The van der Waals surface area contributed by atoms with Gasteiger partial charge in [-0.3, -0.25) is 0 Å². The first-order valence-corrected chi connectivity index (χ1v) is 12.8. The summed E-state index contributed by atoms with van der Waals surface area (Å²) in [6, 6.07) is 7.44. The van der Waals surface area contributed by atoms with Crippen LogP contribution in [0.5, 0.6) is 5.75 Å². The SMILES string of the molecule is CN([C@@H]1CCCc2c(OCC(=O)O)cccc21)S(=O)(=O)c1cc(N2CCCC2)cc(C(F)(F)F)c1. The van der Waals surface area contributed by atoms with Crippen LogP contribution in [0.1, 0.15) is 48.4 Å². The lowest BCUT2D eigenvalue weighted by atomic mass is 9.87. The summed E-state index contributed by atoms with van der Waals surface area (Å²) in [6.45, 7) is 0.621. The number of carbonyl (C=O) groups is 1. The monoisotopic (exact) mass is 512 g/mol. The number of carboxylic acids is 1. The Labute approximate surface area is 202 Å². The molecule has 1 fully saturated rings. The molecule has 0 aromatic heterocycles. The third-order valence-electron chi connectivity index (χ3n) is 6.59. The summed E-state index contributed by atoms with van der Waals surface area (Å²) < 4.78 is 74.8. The predicted octanol–water partition coefficient (Wildman–Crippen LogP) is 4.47. The Morgan fingerprint density at radius 1 is 1.17 bits per heavy atom. The second-order valence-electron chi connectivity index (χ2n) is 8.84. The van der Waals surface area contributed by atoms with Gasteiger partial charge in [0.2, 0.25) is 10.0 Å². The molecule has 4 rings (SSSR count). The van der Waals surface area contributed by atoms with Crippen molar-refractivity contribution in [1.29, 1.82) is 0 Å². The quantitative estimate of drug-likeness (QED) is 0.589. The van der Waals surface area contributed by atoms with Crippen molar-refractivity contribution in [3.05, 3.63) is 53.1 Å². The molecule has 1 N–H and O–H groups in total. The molecule has 0 saturated carbocycles. The number of benzene rings is 2. The average molecular weight is 513 g/mol. The smallest absolute Gasteiger partial charge is 0.416 e. The summed E-state index contributed by atoms with van der Waals surface area (Å²) in [6.07, 6.45) is -1.34. The number of anilines is 1. The van der Waals surface area contributed by atoms with Crippen LogP contribution in [0.2, 0.25) is 0 Å². The number of hydrogen-bond donors (Lipinski definition) is 1. The van der Waals surface area contributed by atoms with E-state index in [0.717, 1.165) is 23.2 Å². The van der Waals surface area contributed by atoms with E-state index in [-0.39, 0.29) is 5.69 Å². The number of ether oxygens (including phenoxy) is 1. The molecule has 1 saturated heterocycles. The zero-order chi connectivity index (χ0) is 25.4. The number of halogens is 3. The maximum absolute atomic E-state index is 13.7. The van der Waals surface area contributed by atoms with E-state index in [4.69, 9.17) is 9.84 Å². The highest BCUT2D eigenvalue weighted by atomic mass is 32.2. The molecule has 11 heteroatoms. The summed E-state index contributed by atoms with van der Waals surface area (Å²) in [5, 5.41) is 8.94. The molecule has 1 aliphatic carbocycles. The maximum Gasteiger partial charge on any atom is 0.416 e. The van der Waals surface area contributed by atoms with Crippen LogP contribution in [-0.4, -0.2) is 50.5 Å². The molecule has 0 bridgehead atoms. The summed E-state index contributed by atoms with van der Waals surface area (Å²) >= 11 is 0. The van der Waals surface area contributed by atoms with Gasteiger partial charge in [0.1, 0.15) is 5.75 Å². The standard InChI is InChI=1S/C24H27F3N2O5S/c1-28(21-8-4-7-20-19(21)6-5-9-22(20)34-15-23(30)31)35(32,33)18-13-16(24(25,26)27)12-17(14-18)29-10-2-3-11-29/h5-6,9,12-14,21H,2-4,7-8,10-11,15H2,1H3,(H,30,31)/t21-/m1/s1. The number of hydrogen-bond acceptors (Lipinski definition) is 5. The van der Waals surface area contributed by atoms with Gasteiger partial charge in [0, 0.05) is 25.8 Å². The summed E-state index contributed by atoms with van der Waals surface area (Å²) in [5.74, 6) is -0.760. The molecule has 2 aromatic carbocycles. The van der Waals surface area contributed by atoms with Crippen molar-refractivity contribution in [2.75, 3.05) is 31.6 Å². The largest absolute Gasteiger partial charge is 0.482 e. The molecule has 1 aliphatic heterocycles. The average Bonchev–Trinajstić information content (AvgIpc) is 3.36. The second-order valence-corrected chi connectivity index (χ2v) is 10.8. The first kappa shape index (κ1) is 25.3. The Morgan fingerprint density at radius 2 is 1.89 bits per heavy atom. The number of fused-ring (bicyclic) bond motifs is 1. The van der Waals surface area contributed by atoms with E-state index in [0.29, 0.717) is 55.3 Å². The highest BCUT2D eigenvalue weighted by Gasteiger charge is 2.37. The van der Waals surface area contributed by atoms with Gasteiger partial charge in [0.25, 0.3) is 0 Å². The molecule has 0 unspecified atom stereocenters. The minimum Gasteiger partial charge on any atom is -0.482 e. The second kappa shape index (κ2) is 9.69. The van der Waals surface area contributed by atoms with Crippen LogP contribution >= 0.6 is 0 Å². The van der Waals surface area contributed by atoms with Gasteiger partial charge in [-0.25, -0.2) is 13.2 Å². The van der Waals surface area contributed by atoms with E-state index < -0.39 is 45.3 Å². The molecule has 1 atom stereocenters. The molecular weight excluding hydrogens is 485 g/mol. The van der Waals surface area contributed by atoms with E-state index in [1.165, 1.54) is 13.1 Å². The number of alkyl halides is 3. The first-order chi connectivity index (χ1) is 16.5. The fourth-order valence-corrected chi connectivity index (χ4v) is 6.26. The normalized spacial score (nSPS) is 18.5. The van der Waals surface area contributed by atoms with Crippen LogP contribution in [0, 0.1) is 0 Å². The Balaban J connectivity index is 1.72. The zero-order valence-electron chi connectivity index (χ0n) is 19.2. The Morgan fingerprint density at radius 3 is 2.54 bits per heavy atom. The minimum absolute atomic E-state index is 0.248. The summed E-state index contributed by atoms with van der Waals surface area (Å²) in [7, 11) is -2.91. The van der Waals surface area contributed by atoms with Crippen LogP contribution in [0.4, 0.5) is 18.9 Å². The molecule has 190 valence electrons. The highest BCUT2D eigenvalue weighted by Crippen LogP contribution is 2.41. The van der Waals surface area contributed by atoms with Crippen molar-refractivity contribution in [3.8, 4) is 5.75 Å². The number of nitrogens with zero attached hydrogens (tertiary/aromatic N) is 2. The van der Waals surface area contributed by atoms with Gasteiger partial charge in [-0.15, -0.1) is 0 Å². The van der Waals surface area contributed by atoms with Crippen molar-refractivity contribution >= 4 is 21.7 Å². The number of aliphatic carboxylic acids is 1.